The van der Waals surface area contributed by atoms with E-state index in [1.165, 1.54) is 0 Å². The Labute approximate surface area is 132 Å². The van der Waals surface area contributed by atoms with E-state index in [2.05, 4.69) is 5.32 Å². The lowest BCUT2D eigenvalue weighted by Crippen LogP contribution is -2.38. The summed E-state index contributed by atoms with van der Waals surface area (Å²) in [6.45, 7) is 0. The third-order valence-electron chi connectivity index (χ3n) is 3.97. The summed E-state index contributed by atoms with van der Waals surface area (Å²) in [4.78, 5) is 23.2. The summed E-state index contributed by atoms with van der Waals surface area (Å²) in [5.41, 5.74) is 1.44. The normalized spacial score (nSPS) is 22.8. The molecule has 1 aliphatic rings. The molecule has 0 radical (unpaired) electrons. The van der Waals surface area contributed by atoms with Crippen LogP contribution in [0.2, 0.25) is 0 Å². The van der Waals surface area contributed by atoms with Crippen LogP contribution in [0.1, 0.15) is 41.6 Å². The van der Waals surface area contributed by atoms with Gasteiger partial charge in [0.15, 0.2) is 0 Å². The highest BCUT2D eigenvalue weighted by atomic mass is 32.2. The molecule has 1 aliphatic carbocycles. The van der Waals surface area contributed by atoms with Crippen molar-refractivity contribution in [3.05, 3.63) is 35.4 Å². The monoisotopic (exact) mass is 323 g/mol. The van der Waals surface area contributed by atoms with Gasteiger partial charge in [-0.1, -0.05) is 12.1 Å². The van der Waals surface area contributed by atoms with Gasteiger partial charge in [-0.05, 0) is 43.4 Å². The fourth-order valence-corrected chi connectivity index (χ4v) is 3.44. The molecule has 0 spiro atoms. The Morgan fingerprint density at radius 1 is 1.27 bits per heavy atom. The summed E-state index contributed by atoms with van der Waals surface area (Å²) in [6.07, 6.45) is 4.24. The highest BCUT2D eigenvalue weighted by Crippen LogP contribution is 2.24. The molecule has 1 aromatic rings. The van der Waals surface area contributed by atoms with Crippen molar-refractivity contribution in [1.29, 1.82) is 0 Å². The Hall–Kier alpha value is -1.69. The SMILES string of the molecule is CS(=O)Cc1cccc(C(=O)NC2CCC(C(=O)O)CC2)c1. The molecule has 1 unspecified atom stereocenters. The molecule has 5 nitrogen and oxygen atoms in total. The second-order valence-corrected chi connectivity index (χ2v) is 7.21. The lowest BCUT2D eigenvalue weighted by atomic mass is 9.86. The van der Waals surface area contributed by atoms with Gasteiger partial charge in [0, 0.05) is 34.4 Å². The molecule has 22 heavy (non-hydrogen) atoms. The van der Waals surface area contributed by atoms with Crippen LogP contribution in [0.25, 0.3) is 0 Å². The molecule has 0 aliphatic heterocycles. The van der Waals surface area contributed by atoms with Crippen LogP contribution in [0.15, 0.2) is 24.3 Å². The van der Waals surface area contributed by atoms with Crippen LogP contribution in [0.4, 0.5) is 0 Å². The summed E-state index contributed by atoms with van der Waals surface area (Å²) in [7, 11) is -0.940. The fourth-order valence-electron chi connectivity index (χ4n) is 2.79. The number of carbonyl (C=O) groups excluding carboxylic acids is 1. The van der Waals surface area contributed by atoms with E-state index in [1.54, 1.807) is 24.5 Å². The number of carbonyl (C=O) groups is 2. The van der Waals surface area contributed by atoms with Gasteiger partial charge in [-0.2, -0.15) is 0 Å². The van der Waals surface area contributed by atoms with Gasteiger partial charge in [-0.15, -0.1) is 0 Å². The van der Waals surface area contributed by atoms with Crippen LogP contribution in [0.5, 0.6) is 0 Å². The molecule has 2 N–H and O–H groups in total. The topological polar surface area (TPSA) is 83.5 Å². The summed E-state index contributed by atoms with van der Waals surface area (Å²) in [6, 6.07) is 7.18. The minimum atomic E-state index is -0.940. The average molecular weight is 323 g/mol. The molecule has 6 heteroatoms. The van der Waals surface area contributed by atoms with Crippen molar-refractivity contribution < 1.29 is 18.9 Å². The van der Waals surface area contributed by atoms with E-state index >= 15 is 0 Å². The van der Waals surface area contributed by atoms with E-state index in [1.807, 2.05) is 6.07 Å². The highest BCUT2D eigenvalue weighted by molar-refractivity contribution is 7.83. The van der Waals surface area contributed by atoms with Crippen LogP contribution < -0.4 is 5.32 Å². The molecular formula is C16H21NO4S. The molecular weight excluding hydrogens is 302 g/mol. The van der Waals surface area contributed by atoms with Gasteiger partial charge in [0.05, 0.1) is 5.92 Å². The van der Waals surface area contributed by atoms with Gasteiger partial charge in [-0.25, -0.2) is 0 Å². The lowest BCUT2D eigenvalue weighted by Gasteiger charge is -2.26. The van der Waals surface area contributed by atoms with E-state index in [9.17, 15) is 13.8 Å². The quantitative estimate of drug-likeness (QED) is 0.867. The van der Waals surface area contributed by atoms with E-state index in [-0.39, 0.29) is 17.9 Å². The maximum absolute atomic E-state index is 12.3. The smallest absolute Gasteiger partial charge is 0.306 e. The van der Waals surface area contributed by atoms with Gasteiger partial charge in [0.25, 0.3) is 5.91 Å². The van der Waals surface area contributed by atoms with Crippen LogP contribution in [-0.4, -0.2) is 33.5 Å². The van der Waals surface area contributed by atoms with Gasteiger partial charge < -0.3 is 10.4 Å². The molecule has 1 saturated carbocycles. The molecule has 1 amide bonds. The first kappa shape index (κ1) is 16.7. The van der Waals surface area contributed by atoms with Gasteiger partial charge in [-0.3, -0.25) is 13.8 Å². The molecule has 0 heterocycles. The van der Waals surface area contributed by atoms with Crippen molar-refractivity contribution in [2.45, 2.75) is 37.5 Å². The van der Waals surface area contributed by atoms with Crippen LogP contribution >= 0.6 is 0 Å². The molecule has 0 bridgehead atoms. The Kier molecular flexibility index (Phi) is 5.71. The number of hydrogen-bond acceptors (Lipinski definition) is 3. The Morgan fingerprint density at radius 2 is 1.95 bits per heavy atom. The van der Waals surface area contributed by atoms with Crippen LogP contribution in [0.3, 0.4) is 0 Å². The molecule has 1 aromatic carbocycles. The summed E-state index contributed by atoms with van der Waals surface area (Å²) < 4.78 is 11.3. The Bertz CT molecular complexity index is 579. The number of carboxylic acids is 1. The molecule has 1 fully saturated rings. The lowest BCUT2D eigenvalue weighted by molar-refractivity contribution is -0.142. The number of amides is 1. The second kappa shape index (κ2) is 7.54. The minimum Gasteiger partial charge on any atom is -0.481 e. The number of carboxylic acid groups (broad SMARTS) is 1. The van der Waals surface area contributed by atoms with Crippen molar-refractivity contribution in [2.24, 2.45) is 5.92 Å². The van der Waals surface area contributed by atoms with Crippen LogP contribution in [-0.2, 0) is 21.3 Å². The number of rotatable bonds is 5. The van der Waals surface area contributed by atoms with Gasteiger partial charge >= 0.3 is 5.97 Å². The first-order valence-corrected chi connectivity index (χ1v) is 9.11. The Balaban J connectivity index is 1.92. The molecule has 2 rings (SSSR count). The van der Waals surface area contributed by atoms with Gasteiger partial charge in [0.1, 0.15) is 0 Å². The van der Waals surface area contributed by atoms with Crippen molar-refractivity contribution >= 4 is 22.7 Å². The largest absolute Gasteiger partial charge is 0.481 e. The number of nitrogens with one attached hydrogen (secondary N) is 1. The molecule has 0 saturated heterocycles. The van der Waals surface area contributed by atoms with Crippen molar-refractivity contribution in [1.82, 2.24) is 5.32 Å². The third-order valence-corrected chi connectivity index (χ3v) is 4.71. The first-order chi connectivity index (χ1) is 10.5. The number of aliphatic carboxylic acids is 1. The maximum atomic E-state index is 12.3. The number of hydrogen-bond donors (Lipinski definition) is 2. The summed E-state index contributed by atoms with van der Waals surface area (Å²) >= 11 is 0. The zero-order chi connectivity index (χ0) is 16.1. The van der Waals surface area contributed by atoms with Gasteiger partial charge in [0.2, 0.25) is 0 Å². The number of benzene rings is 1. The highest BCUT2D eigenvalue weighted by Gasteiger charge is 2.26. The minimum absolute atomic E-state index is 0.0343. The standard InChI is InChI=1S/C16H21NO4S/c1-22(21)10-11-3-2-4-13(9-11)15(18)17-14-7-5-12(6-8-14)16(19)20/h2-4,9,12,14H,5-8,10H2,1H3,(H,17,18)(H,19,20). The predicted octanol–water partition coefficient (Wildman–Crippen LogP) is 1.94. The van der Waals surface area contributed by atoms with Crippen molar-refractivity contribution in [3.8, 4) is 0 Å². The zero-order valence-corrected chi connectivity index (χ0v) is 13.4. The molecule has 1 atom stereocenters. The predicted molar refractivity (Wildman–Crippen MR) is 85.1 cm³/mol. The zero-order valence-electron chi connectivity index (χ0n) is 12.6. The van der Waals surface area contributed by atoms with E-state index < -0.39 is 16.8 Å². The third kappa shape index (κ3) is 4.66. The van der Waals surface area contributed by atoms with Crippen LogP contribution in [0, 0.1) is 5.92 Å². The summed E-state index contributed by atoms with van der Waals surface area (Å²) in [5.74, 6) is -0.742. The fraction of sp³-hybridized carbons (Fsp3) is 0.500. The van der Waals surface area contributed by atoms with E-state index in [0.29, 0.717) is 37.0 Å². The molecule has 120 valence electrons. The summed E-state index contributed by atoms with van der Waals surface area (Å²) in [5, 5.41) is 11.9. The first-order valence-electron chi connectivity index (χ1n) is 7.38. The van der Waals surface area contributed by atoms with E-state index in [4.69, 9.17) is 5.11 Å². The second-order valence-electron chi connectivity index (χ2n) is 5.78. The average Bonchev–Trinajstić information content (AvgIpc) is 2.47. The molecule has 0 aromatic heterocycles. The Morgan fingerprint density at radius 3 is 2.55 bits per heavy atom. The van der Waals surface area contributed by atoms with Crippen molar-refractivity contribution in [2.75, 3.05) is 6.26 Å². The maximum Gasteiger partial charge on any atom is 0.306 e. The van der Waals surface area contributed by atoms with E-state index in [0.717, 1.165) is 5.56 Å². The van der Waals surface area contributed by atoms with Crippen molar-refractivity contribution in [3.63, 3.8) is 0 Å².